The first kappa shape index (κ1) is 16.9. The number of Topliss-reactive ketones (excluding diaryl/α,β-unsaturated/α-hetero) is 1. The maximum absolute atomic E-state index is 12.1. The molecule has 0 unspecified atom stereocenters. The Hall–Kier alpha value is -2.44. The average molecular weight is 354 g/mol. The van der Waals surface area contributed by atoms with Gasteiger partial charge in [0.05, 0.1) is 21.1 Å². The standard InChI is InChI=1S/C15H9Cl2NO5/c1-8(19)12-6-10(16)7-13(17)14(12)23-15(20)9-2-4-11(5-3-9)18(21)22/h2-7H,1H3. The predicted molar refractivity (Wildman–Crippen MR) is 84.5 cm³/mol. The van der Waals surface area contributed by atoms with Gasteiger partial charge in [-0.05, 0) is 31.2 Å². The molecule has 0 aromatic heterocycles. The minimum atomic E-state index is -0.799. The number of benzene rings is 2. The molecule has 8 heteroatoms. The number of esters is 1. The third-order valence-corrected chi connectivity index (χ3v) is 3.40. The van der Waals surface area contributed by atoms with Crippen LogP contribution in [0.25, 0.3) is 0 Å². The number of carbonyl (C=O) groups excluding carboxylic acids is 2. The van der Waals surface area contributed by atoms with E-state index < -0.39 is 10.9 Å². The monoisotopic (exact) mass is 353 g/mol. The lowest BCUT2D eigenvalue weighted by Gasteiger charge is -2.10. The highest BCUT2D eigenvalue weighted by Crippen LogP contribution is 2.33. The van der Waals surface area contributed by atoms with Gasteiger partial charge in [-0.25, -0.2) is 4.79 Å². The summed E-state index contributed by atoms with van der Waals surface area (Å²) in [6.07, 6.45) is 0. The first-order chi connectivity index (χ1) is 10.8. The lowest BCUT2D eigenvalue weighted by molar-refractivity contribution is -0.384. The van der Waals surface area contributed by atoms with Crippen molar-refractivity contribution in [2.24, 2.45) is 0 Å². The van der Waals surface area contributed by atoms with Crippen molar-refractivity contribution in [3.63, 3.8) is 0 Å². The average Bonchev–Trinajstić information content (AvgIpc) is 2.49. The number of nitro benzene ring substituents is 1. The zero-order valence-electron chi connectivity index (χ0n) is 11.7. The van der Waals surface area contributed by atoms with Gasteiger partial charge in [0.2, 0.25) is 0 Å². The molecule has 0 bridgehead atoms. The van der Waals surface area contributed by atoms with Crippen molar-refractivity contribution in [1.29, 1.82) is 0 Å². The summed E-state index contributed by atoms with van der Waals surface area (Å²) in [4.78, 5) is 33.7. The molecule has 0 saturated carbocycles. The van der Waals surface area contributed by atoms with Crippen LogP contribution in [0.1, 0.15) is 27.6 Å². The Morgan fingerprint density at radius 3 is 2.26 bits per heavy atom. The van der Waals surface area contributed by atoms with Gasteiger partial charge in [-0.1, -0.05) is 23.2 Å². The number of non-ortho nitro benzene ring substituents is 1. The molecule has 0 fully saturated rings. The van der Waals surface area contributed by atoms with Gasteiger partial charge in [0.25, 0.3) is 5.69 Å². The van der Waals surface area contributed by atoms with Crippen molar-refractivity contribution in [3.8, 4) is 5.75 Å². The maximum Gasteiger partial charge on any atom is 0.343 e. The largest absolute Gasteiger partial charge is 0.421 e. The summed E-state index contributed by atoms with van der Waals surface area (Å²) in [5, 5.41) is 10.8. The Kier molecular flexibility index (Phi) is 4.98. The van der Waals surface area contributed by atoms with E-state index in [9.17, 15) is 19.7 Å². The van der Waals surface area contributed by atoms with E-state index in [-0.39, 0.29) is 38.4 Å². The van der Waals surface area contributed by atoms with Gasteiger partial charge in [0, 0.05) is 17.2 Å². The van der Waals surface area contributed by atoms with Gasteiger partial charge >= 0.3 is 5.97 Å². The van der Waals surface area contributed by atoms with Crippen LogP contribution in [0.4, 0.5) is 5.69 Å². The third-order valence-electron chi connectivity index (χ3n) is 2.90. The molecule has 6 nitrogen and oxygen atoms in total. The molecule has 0 N–H and O–H groups in total. The Morgan fingerprint density at radius 2 is 1.74 bits per heavy atom. The van der Waals surface area contributed by atoms with E-state index in [1.165, 1.54) is 43.3 Å². The lowest BCUT2D eigenvalue weighted by Crippen LogP contribution is -2.11. The van der Waals surface area contributed by atoms with Crippen LogP contribution in [0.2, 0.25) is 10.0 Å². The SMILES string of the molecule is CC(=O)c1cc(Cl)cc(Cl)c1OC(=O)c1ccc([N+](=O)[O-])cc1. The summed E-state index contributed by atoms with van der Waals surface area (Å²) < 4.78 is 5.16. The Balaban J connectivity index is 2.33. The minimum absolute atomic E-state index is 0.0120. The topological polar surface area (TPSA) is 86.5 Å². The van der Waals surface area contributed by atoms with Crippen molar-refractivity contribution in [3.05, 3.63) is 67.7 Å². The molecular weight excluding hydrogens is 345 g/mol. The molecule has 0 aliphatic carbocycles. The number of nitro groups is 1. The summed E-state index contributed by atoms with van der Waals surface area (Å²) >= 11 is 11.8. The zero-order chi connectivity index (χ0) is 17.1. The van der Waals surface area contributed by atoms with Crippen LogP contribution in [0, 0.1) is 10.1 Å². The van der Waals surface area contributed by atoms with Crippen molar-refractivity contribution in [1.82, 2.24) is 0 Å². The Labute approximate surface area is 140 Å². The molecule has 2 rings (SSSR count). The molecular formula is C15H9Cl2NO5. The first-order valence-electron chi connectivity index (χ1n) is 6.26. The molecule has 0 radical (unpaired) electrons. The number of halogens is 2. The van der Waals surface area contributed by atoms with Crippen LogP contribution >= 0.6 is 23.2 Å². The number of rotatable bonds is 4. The van der Waals surface area contributed by atoms with E-state index in [1.54, 1.807) is 0 Å². The summed E-state index contributed by atoms with van der Waals surface area (Å²) in [6, 6.07) is 7.52. The molecule has 0 saturated heterocycles. The van der Waals surface area contributed by atoms with Crippen LogP contribution in [-0.2, 0) is 0 Å². The van der Waals surface area contributed by atoms with Crippen LogP contribution in [0.3, 0.4) is 0 Å². The fourth-order valence-corrected chi connectivity index (χ4v) is 2.33. The van der Waals surface area contributed by atoms with E-state index in [0.717, 1.165) is 0 Å². The quantitative estimate of drug-likeness (QED) is 0.268. The molecule has 0 atom stereocenters. The third kappa shape index (κ3) is 3.85. The Morgan fingerprint density at radius 1 is 1.13 bits per heavy atom. The number of nitrogens with zero attached hydrogens (tertiary/aromatic N) is 1. The molecule has 2 aromatic rings. The van der Waals surface area contributed by atoms with Crippen molar-refractivity contribution in [2.45, 2.75) is 6.92 Å². The molecule has 0 amide bonds. The molecule has 0 aliphatic rings. The van der Waals surface area contributed by atoms with Crippen LogP contribution in [0.15, 0.2) is 36.4 Å². The molecule has 0 aliphatic heterocycles. The van der Waals surface area contributed by atoms with Crippen molar-refractivity contribution >= 4 is 40.6 Å². The van der Waals surface area contributed by atoms with Gasteiger partial charge < -0.3 is 4.74 Å². The lowest BCUT2D eigenvalue weighted by atomic mass is 10.1. The smallest absolute Gasteiger partial charge is 0.343 e. The highest BCUT2D eigenvalue weighted by atomic mass is 35.5. The second kappa shape index (κ2) is 6.76. The van der Waals surface area contributed by atoms with Crippen molar-refractivity contribution in [2.75, 3.05) is 0 Å². The summed E-state index contributed by atoms with van der Waals surface area (Å²) in [6.45, 7) is 1.28. The fourth-order valence-electron chi connectivity index (χ4n) is 1.80. The van der Waals surface area contributed by atoms with E-state index in [1.807, 2.05) is 0 Å². The van der Waals surface area contributed by atoms with Crippen LogP contribution < -0.4 is 4.74 Å². The van der Waals surface area contributed by atoms with Crippen LogP contribution in [-0.4, -0.2) is 16.7 Å². The molecule has 2 aromatic carbocycles. The van der Waals surface area contributed by atoms with Gasteiger partial charge in [-0.15, -0.1) is 0 Å². The van der Waals surface area contributed by atoms with E-state index in [0.29, 0.717) is 0 Å². The minimum Gasteiger partial charge on any atom is -0.421 e. The first-order valence-corrected chi connectivity index (χ1v) is 7.02. The molecule has 23 heavy (non-hydrogen) atoms. The van der Waals surface area contributed by atoms with E-state index in [4.69, 9.17) is 27.9 Å². The summed E-state index contributed by atoms with van der Waals surface area (Å²) in [5.74, 6) is -1.28. The normalized spacial score (nSPS) is 10.2. The highest BCUT2D eigenvalue weighted by molar-refractivity contribution is 6.36. The molecule has 0 heterocycles. The second-order valence-electron chi connectivity index (χ2n) is 4.51. The number of ether oxygens (including phenoxy) is 1. The maximum atomic E-state index is 12.1. The highest BCUT2D eigenvalue weighted by Gasteiger charge is 2.19. The molecule has 118 valence electrons. The van der Waals surface area contributed by atoms with Crippen molar-refractivity contribution < 1.29 is 19.2 Å². The van der Waals surface area contributed by atoms with Gasteiger partial charge in [0.15, 0.2) is 11.5 Å². The Bertz CT molecular complexity index is 802. The molecule has 0 spiro atoms. The summed E-state index contributed by atoms with van der Waals surface area (Å²) in [5.41, 5.74) is -0.00983. The zero-order valence-corrected chi connectivity index (χ0v) is 13.2. The van der Waals surface area contributed by atoms with Gasteiger partial charge in [0.1, 0.15) is 0 Å². The number of carbonyl (C=O) groups is 2. The van der Waals surface area contributed by atoms with E-state index >= 15 is 0 Å². The van der Waals surface area contributed by atoms with E-state index in [2.05, 4.69) is 0 Å². The number of ketones is 1. The second-order valence-corrected chi connectivity index (χ2v) is 5.36. The predicted octanol–water partition coefficient (Wildman–Crippen LogP) is 4.32. The van der Waals surface area contributed by atoms with Gasteiger partial charge in [-0.3, -0.25) is 14.9 Å². The van der Waals surface area contributed by atoms with Crippen LogP contribution in [0.5, 0.6) is 5.75 Å². The summed E-state index contributed by atoms with van der Waals surface area (Å²) in [7, 11) is 0. The number of hydrogen-bond acceptors (Lipinski definition) is 5. The number of hydrogen-bond donors (Lipinski definition) is 0. The van der Waals surface area contributed by atoms with Gasteiger partial charge in [-0.2, -0.15) is 0 Å². The fraction of sp³-hybridized carbons (Fsp3) is 0.0667.